The van der Waals surface area contributed by atoms with E-state index in [0.29, 0.717) is 29.9 Å². The van der Waals surface area contributed by atoms with Crippen LogP contribution in [0.15, 0.2) is 97.0 Å². The van der Waals surface area contributed by atoms with Crippen LogP contribution in [0.4, 0.5) is 30.7 Å². The number of halogens is 7. The fraction of sp³-hybridized carbons (Fsp3) is 0.294. The van der Waals surface area contributed by atoms with Crippen molar-refractivity contribution in [2.24, 2.45) is 0 Å². The SMILES string of the molecule is C[C@@H](O[C@H]1CN2C(=O)CC(c3cnn(Cc4ccccc4)c3)C=C2[C@@H]1c1ccc(F)cc1)c1cc(C(F)(F)F)cc(C(F)(F)F)c1. The first-order chi connectivity index (χ1) is 21.8. The van der Waals surface area contributed by atoms with Gasteiger partial charge in [0.25, 0.3) is 0 Å². The minimum absolute atomic E-state index is 0.0160. The summed E-state index contributed by atoms with van der Waals surface area (Å²) < 4.78 is 103. The standard InChI is InChI=1S/C34H28F7N3O2/c1-20(23-11-26(33(36,37)38)15-27(12-23)34(39,40)41)46-30-19-44-29(32(30)22-7-9-28(35)10-8-22)13-24(14-31(44)45)25-16-42-43(18-25)17-21-5-3-2-4-6-21/h2-13,15-16,18,20,24,30,32H,14,17,19H2,1H3/t20-,24?,30+,32+/m1/s1. The highest BCUT2D eigenvalue weighted by Gasteiger charge is 2.45. The molecule has 1 aromatic heterocycles. The third-order valence-corrected chi connectivity index (χ3v) is 8.39. The van der Waals surface area contributed by atoms with Gasteiger partial charge < -0.3 is 9.64 Å². The Morgan fingerprint density at radius 1 is 0.913 bits per heavy atom. The molecule has 46 heavy (non-hydrogen) atoms. The molecule has 240 valence electrons. The summed E-state index contributed by atoms with van der Waals surface area (Å²) in [7, 11) is 0. The lowest BCUT2D eigenvalue weighted by Crippen LogP contribution is -2.33. The largest absolute Gasteiger partial charge is 0.416 e. The van der Waals surface area contributed by atoms with Gasteiger partial charge in [0.1, 0.15) is 5.82 Å². The van der Waals surface area contributed by atoms with Crippen LogP contribution in [0.2, 0.25) is 0 Å². The van der Waals surface area contributed by atoms with Crippen molar-refractivity contribution in [1.82, 2.24) is 14.7 Å². The predicted molar refractivity (Wildman–Crippen MR) is 154 cm³/mol. The molecule has 3 aromatic carbocycles. The number of aromatic nitrogens is 2. The average Bonchev–Trinajstić information content (AvgIpc) is 3.62. The Morgan fingerprint density at radius 2 is 1.57 bits per heavy atom. The molecular formula is C34H28F7N3O2. The van der Waals surface area contributed by atoms with Crippen molar-refractivity contribution in [3.05, 3.63) is 136 Å². The zero-order valence-corrected chi connectivity index (χ0v) is 24.4. The summed E-state index contributed by atoms with van der Waals surface area (Å²) in [5, 5.41) is 4.46. The normalized spacial score (nSPS) is 20.9. The second-order valence-corrected chi connectivity index (χ2v) is 11.5. The van der Waals surface area contributed by atoms with Crippen molar-refractivity contribution >= 4 is 5.91 Å². The molecule has 0 bridgehead atoms. The Bertz CT molecular complexity index is 1710. The van der Waals surface area contributed by atoms with Gasteiger partial charge in [-0.15, -0.1) is 0 Å². The number of hydrogen-bond donors (Lipinski definition) is 0. The Morgan fingerprint density at radius 3 is 2.20 bits per heavy atom. The van der Waals surface area contributed by atoms with Crippen LogP contribution in [0.25, 0.3) is 0 Å². The molecule has 0 N–H and O–H groups in total. The number of rotatable bonds is 7. The third-order valence-electron chi connectivity index (χ3n) is 8.39. The first-order valence-corrected chi connectivity index (χ1v) is 14.5. The summed E-state index contributed by atoms with van der Waals surface area (Å²) in [6.45, 7) is 1.92. The maximum atomic E-state index is 13.9. The van der Waals surface area contributed by atoms with Gasteiger partial charge in [-0.3, -0.25) is 9.48 Å². The van der Waals surface area contributed by atoms with Gasteiger partial charge in [-0.2, -0.15) is 31.4 Å². The molecule has 1 unspecified atom stereocenters. The highest BCUT2D eigenvalue weighted by molar-refractivity contribution is 5.82. The molecule has 6 rings (SSSR count). The van der Waals surface area contributed by atoms with Crippen LogP contribution in [-0.2, 0) is 28.4 Å². The molecule has 1 saturated heterocycles. The van der Waals surface area contributed by atoms with Crippen LogP contribution in [0.5, 0.6) is 0 Å². The summed E-state index contributed by atoms with van der Waals surface area (Å²) in [4.78, 5) is 15.0. The topological polar surface area (TPSA) is 47.4 Å². The van der Waals surface area contributed by atoms with Crippen LogP contribution >= 0.6 is 0 Å². The van der Waals surface area contributed by atoms with Crippen LogP contribution in [0.3, 0.4) is 0 Å². The summed E-state index contributed by atoms with van der Waals surface area (Å²) in [5.41, 5.74) is -0.197. The lowest BCUT2D eigenvalue weighted by molar-refractivity contribution is -0.143. The van der Waals surface area contributed by atoms with Gasteiger partial charge in [0.15, 0.2) is 0 Å². The van der Waals surface area contributed by atoms with E-state index in [1.165, 1.54) is 36.1 Å². The number of fused-ring (bicyclic) bond motifs is 1. The zero-order valence-electron chi connectivity index (χ0n) is 24.4. The van der Waals surface area contributed by atoms with E-state index in [4.69, 9.17) is 4.74 Å². The smallest absolute Gasteiger partial charge is 0.368 e. The summed E-state index contributed by atoms with van der Waals surface area (Å²) >= 11 is 0. The van der Waals surface area contributed by atoms with Gasteiger partial charge >= 0.3 is 12.4 Å². The van der Waals surface area contributed by atoms with E-state index < -0.39 is 47.4 Å². The summed E-state index contributed by atoms with van der Waals surface area (Å²) in [6.07, 6.45) is -6.48. The number of ether oxygens (including phenoxy) is 1. The van der Waals surface area contributed by atoms with Gasteiger partial charge in [-0.25, -0.2) is 4.39 Å². The number of allylic oxidation sites excluding steroid dienone is 1. The predicted octanol–water partition coefficient (Wildman–Crippen LogP) is 8.25. The van der Waals surface area contributed by atoms with Crippen LogP contribution < -0.4 is 0 Å². The molecule has 3 heterocycles. The maximum Gasteiger partial charge on any atom is 0.416 e. The lowest BCUT2D eigenvalue weighted by atomic mass is 9.87. The molecule has 0 aliphatic carbocycles. The van der Waals surface area contributed by atoms with Gasteiger partial charge in [-0.05, 0) is 59.5 Å². The molecule has 12 heteroatoms. The van der Waals surface area contributed by atoms with Crippen molar-refractivity contribution in [2.75, 3.05) is 6.54 Å². The molecule has 4 aromatic rings. The van der Waals surface area contributed by atoms with E-state index in [1.807, 2.05) is 42.6 Å². The van der Waals surface area contributed by atoms with Crippen LogP contribution in [0.1, 0.15) is 64.7 Å². The van der Waals surface area contributed by atoms with Crippen molar-refractivity contribution < 1.29 is 40.3 Å². The van der Waals surface area contributed by atoms with Crippen molar-refractivity contribution in [2.45, 2.75) is 56.3 Å². The molecule has 0 spiro atoms. The molecule has 2 aliphatic rings. The molecule has 1 fully saturated rings. The monoisotopic (exact) mass is 643 g/mol. The molecule has 2 aliphatic heterocycles. The highest BCUT2D eigenvalue weighted by Crippen LogP contribution is 2.46. The lowest BCUT2D eigenvalue weighted by Gasteiger charge is -2.28. The summed E-state index contributed by atoms with van der Waals surface area (Å²) in [6, 6.07) is 16.6. The number of carbonyl (C=O) groups excluding carboxylic acids is 1. The van der Waals surface area contributed by atoms with Crippen LogP contribution in [0, 0.1) is 5.82 Å². The molecule has 0 saturated carbocycles. The molecule has 1 amide bonds. The minimum atomic E-state index is -5.01. The first kappa shape index (κ1) is 31.5. The van der Waals surface area contributed by atoms with E-state index in [9.17, 15) is 35.5 Å². The van der Waals surface area contributed by atoms with Crippen molar-refractivity contribution in [3.8, 4) is 0 Å². The van der Waals surface area contributed by atoms with Gasteiger partial charge in [0, 0.05) is 24.2 Å². The Kier molecular flexibility index (Phi) is 8.26. The van der Waals surface area contributed by atoms with Gasteiger partial charge in [0.05, 0.1) is 48.5 Å². The van der Waals surface area contributed by atoms with E-state index in [0.717, 1.165) is 11.1 Å². The highest BCUT2D eigenvalue weighted by atomic mass is 19.4. The number of alkyl halides is 6. The van der Waals surface area contributed by atoms with E-state index >= 15 is 0 Å². The Balaban J connectivity index is 1.33. The maximum absolute atomic E-state index is 13.9. The number of nitrogens with zero attached hydrogens (tertiary/aromatic N) is 3. The number of hydrogen-bond acceptors (Lipinski definition) is 3. The quantitative estimate of drug-likeness (QED) is 0.191. The second kappa shape index (κ2) is 12.1. The van der Waals surface area contributed by atoms with Crippen LogP contribution in [-0.4, -0.2) is 33.2 Å². The van der Waals surface area contributed by atoms with E-state index in [-0.39, 0.29) is 36.4 Å². The fourth-order valence-corrected chi connectivity index (χ4v) is 6.13. The Labute approximate surface area is 259 Å². The summed E-state index contributed by atoms with van der Waals surface area (Å²) in [5.74, 6) is -1.71. The van der Waals surface area contributed by atoms with Gasteiger partial charge in [-0.1, -0.05) is 48.5 Å². The molecule has 0 radical (unpaired) electrons. The van der Waals surface area contributed by atoms with Gasteiger partial charge in [0.2, 0.25) is 5.91 Å². The zero-order chi connectivity index (χ0) is 32.8. The first-order valence-electron chi connectivity index (χ1n) is 14.5. The molecule has 4 atom stereocenters. The fourth-order valence-electron chi connectivity index (χ4n) is 6.13. The molecular weight excluding hydrogens is 615 g/mol. The second-order valence-electron chi connectivity index (χ2n) is 11.5. The van der Waals surface area contributed by atoms with E-state index in [2.05, 4.69) is 5.10 Å². The molecule has 5 nitrogen and oxygen atoms in total. The average molecular weight is 644 g/mol. The minimum Gasteiger partial charge on any atom is -0.368 e. The van der Waals surface area contributed by atoms with Crippen molar-refractivity contribution in [1.29, 1.82) is 0 Å². The van der Waals surface area contributed by atoms with Crippen molar-refractivity contribution in [3.63, 3.8) is 0 Å². The third kappa shape index (κ3) is 6.57. The van der Waals surface area contributed by atoms with E-state index in [1.54, 1.807) is 10.9 Å². The number of amides is 1. The number of carbonyl (C=O) groups is 1. The number of benzene rings is 3. The Hall–Kier alpha value is -4.45.